The summed E-state index contributed by atoms with van der Waals surface area (Å²) >= 11 is 5.73. The number of amides is 1. The summed E-state index contributed by atoms with van der Waals surface area (Å²) in [5.74, 6) is -0.575. The first-order valence-corrected chi connectivity index (χ1v) is 5.72. The Morgan fingerprint density at radius 3 is 2.78 bits per heavy atom. The maximum absolute atomic E-state index is 12.0. The Hall–Kier alpha value is -1.27. The van der Waals surface area contributed by atoms with Gasteiger partial charge < -0.3 is 10.4 Å². The van der Waals surface area contributed by atoms with Crippen LogP contribution >= 0.6 is 11.6 Å². The van der Waals surface area contributed by atoms with Crippen LogP contribution in [0.1, 0.15) is 23.0 Å². The SMILES string of the molecule is CCc1cc(C(=O)NCC(O)C(F)F)cc(Cl)n1. The van der Waals surface area contributed by atoms with E-state index in [4.69, 9.17) is 16.7 Å². The van der Waals surface area contributed by atoms with E-state index in [1.165, 1.54) is 12.1 Å². The fourth-order valence-corrected chi connectivity index (χ4v) is 1.48. The highest BCUT2D eigenvalue weighted by Gasteiger charge is 2.18. The number of aliphatic hydroxyl groups excluding tert-OH is 1. The van der Waals surface area contributed by atoms with Crippen LogP contribution < -0.4 is 5.32 Å². The molecule has 0 saturated carbocycles. The number of rotatable bonds is 5. The zero-order valence-corrected chi connectivity index (χ0v) is 10.4. The molecule has 1 aromatic rings. The quantitative estimate of drug-likeness (QED) is 0.805. The second-order valence-electron chi connectivity index (χ2n) is 3.64. The molecule has 1 aromatic heterocycles. The summed E-state index contributed by atoms with van der Waals surface area (Å²) < 4.78 is 24.1. The number of alkyl halides is 2. The number of aromatic nitrogens is 1. The molecule has 4 nitrogen and oxygen atoms in total. The lowest BCUT2D eigenvalue weighted by molar-refractivity contribution is -0.00270. The molecule has 0 radical (unpaired) electrons. The van der Waals surface area contributed by atoms with E-state index in [1.807, 2.05) is 6.92 Å². The molecule has 1 unspecified atom stereocenters. The van der Waals surface area contributed by atoms with Gasteiger partial charge in [-0.05, 0) is 18.6 Å². The molecule has 1 rings (SSSR count). The third-order valence-corrected chi connectivity index (χ3v) is 2.43. The molecule has 0 aliphatic rings. The molecule has 0 spiro atoms. The minimum atomic E-state index is -2.89. The van der Waals surface area contributed by atoms with Crippen LogP contribution in [-0.4, -0.2) is 35.1 Å². The number of hydrogen-bond acceptors (Lipinski definition) is 3. The average molecular weight is 279 g/mol. The lowest BCUT2D eigenvalue weighted by Gasteiger charge is -2.11. The number of aryl methyl sites for hydroxylation is 1. The van der Waals surface area contributed by atoms with Crippen LogP contribution in [0.4, 0.5) is 8.78 Å². The Morgan fingerprint density at radius 1 is 1.56 bits per heavy atom. The van der Waals surface area contributed by atoms with Gasteiger partial charge >= 0.3 is 0 Å². The minimum absolute atomic E-state index is 0.161. The number of nitrogens with zero attached hydrogens (tertiary/aromatic N) is 1. The van der Waals surface area contributed by atoms with Gasteiger partial charge in [0.15, 0.2) is 0 Å². The molecule has 0 bridgehead atoms. The van der Waals surface area contributed by atoms with E-state index in [0.29, 0.717) is 12.1 Å². The van der Waals surface area contributed by atoms with Crippen molar-refractivity contribution < 1.29 is 18.7 Å². The molecule has 7 heteroatoms. The first-order chi connectivity index (χ1) is 8.43. The Balaban J connectivity index is 2.69. The zero-order valence-electron chi connectivity index (χ0n) is 9.66. The summed E-state index contributed by atoms with van der Waals surface area (Å²) in [6.45, 7) is 1.33. The lowest BCUT2D eigenvalue weighted by atomic mass is 10.2. The van der Waals surface area contributed by atoms with Gasteiger partial charge in [0, 0.05) is 17.8 Å². The Morgan fingerprint density at radius 2 is 2.22 bits per heavy atom. The standard InChI is InChI=1S/C11H13ClF2N2O2/c1-2-7-3-6(4-9(12)16-7)11(18)15-5-8(17)10(13)14/h3-4,8,10,17H,2,5H2,1H3,(H,15,18). The third-order valence-electron chi connectivity index (χ3n) is 2.23. The molecular formula is C11H13ClF2N2O2. The Labute approximate surface area is 108 Å². The average Bonchev–Trinajstić information content (AvgIpc) is 2.34. The van der Waals surface area contributed by atoms with Gasteiger partial charge in [0.25, 0.3) is 12.3 Å². The van der Waals surface area contributed by atoms with Crippen molar-refractivity contribution in [3.8, 4) is 0 Å². The molecule has 0 aliphatic heterocycles. The highest BCUT2D eigenvalue weighted by atomic mass is 35.5. The van der Waals surface area contributed by atoms with Crippen LogP contribution in [0.15, 0.2) is 12.1 Å². The van der Waals surface area contributed by atoms with Gasteiger partial charge in [-0.25, -0.2) is 13.8 Å². The smallest absolute Gasteiger partial charge is 0.265 e. The van der Waals surface area contributed by atoms with E-state index >= 15 is 0 Å². The summed E-state index contributed by atoms with van der Waals surface area (Å²) in [5.41, 5.74) is 0.857. The third kappa shape index (κ3) is 4.19. The van der Waals surface area contributed by atoms with Crippen molar-refractivity contribution in [1.29, 1.82) is 0 Å². The fraction of sp³-hybridized carbons (Fsp3) is 0.455. The topological polar surface area (TPSA) is 62.2 Å². The number of carbonyl (C=O) groups is 1. The highest BCUT2D eigenvalue weighted by Crippen LogP contribution is 2.11. The van der Waals surface area contributed by atoms with Gasteiger partial charge in [0.2, 0.25) is 0 Å². The van der Waals surface area contributed by atoms with Gasteiger partial charge in [-0.3, -0.25) is 4.79 Å². The number of carbonyl (C=O) groups excluding carboxylic acids is 1. The van der Waals surface area contributed by atoms with E-state index in [1.54, 1.807) is 0 Å². The molecule has 100 valence electrons. The maximum atomic E-state index is 12.0. The van der Waals surface area contributed by atoms with Gasteiger partial charge in [0.1, 0.15) is 11.3 Å². The van der Waals surface area contributed by atoms with E-state index in [9.17, 15) is 13.6 Å². The first-order valence-electron chi connectivity index (χ1n) is 5.35. The van der Waals surface area contributed by atoms with Crippen molar-refractivity contribution in [2.75, 3.05) is 6.54 Å². The fourth-order valence-electron chi connectivity index (χ4n) is 1.25. The van der Waals surface area contributed by atoms with Crippen molar-refractivity contribution in [1.82, 2.24) is 10.3 Å². The Bertz CT molecular complexity index is 430. The van der Waals surface area contributed by atoms with Gasteiger partial charge in [-0.1, -0.05) is 18.5 Å². The molecule has 1 heterocycles. The number of pyridine rings is 1. The first kappa shape index (κ1) is 14.8. The van der Waals surface area contributed by atoms with Gasteiger partial charge in [-0.15, -0.1) is 0 Å². The largest absolute Gasteiger partial charge is 0.385 e. The van der Waals surface area contributed by atoms with Gasteiger partial charge in [-0.2, -0.15) is 0 Å². The van der Waals surface area contributed by atoms with E-state index < -0.39 is 25.0 Å². The molecule has 0 fully saturated rings. The molecule has 1 atom stereocenters. The monoisotopic (exact) mass is 278 g/mol. The van der Waals surface area contributed by atoms with Crippen LogP contribution in [0, 0.1) is 0 Å². The lowest BCUT2D eigenvalue weighted by Crippen LogP contribution is -2.35. The summed E-state index contributed by atoms with van der Waals surface area (Å²) in [5, 5.41) is 11.2. The molecule has 2 N–H and O–H groups in total. The van der Waals surface area contributed by atoms with Crippen LogP contribution in [0.3, 0.4) is 0 Å². The van der Waals surface area contributed by atoms with Crippen molar-refractivity contribution in [3.05, 3.63) is 28.5 Å². The molecule has 18 heavy (non-hydrogen) atoms. The number of aliphatic hydroxyl groups is 1. The van der Waals surface area contributed by atoms with Crippen molar-refractivity contribution in [2.45, 2.75) is 25.9 Å². The van der Waals surface area contributed by atoms with Crippen LogP contribution in [0.2, 0.25) is 5.15 Å². The van der Waals surface area contributed by atoms with E-state index in [0.717, 1.165) is 0 Å². The summed E-state index contributed by atoms with van der Waals surface area (Å²) in [6, 6.07) is 2.86. The van der Waals surface area contributed by atoms with Crippen molar-refractivity contribution >= 4 is 17.5 Å². The maximum Gasteiger partial charge on any atom is 0.265 e. The zero-order chi connectivity index (χ0) is 13.7. The Kier molecular flexibility index (Phi) is 5.43. The van der Waals surface area contributed by atoms with Gasteiger partial charge in [0.05, 0.1) is 0 Å². The summed E-state index contributed by atoms with van der Waals surface area (Å²) in [6.07, 6.45) is -4.17. The second-order valence-corrected chi connectivity index (χ2v) is 4.02. The van der Waals surface area contributed by atoms with E-state index in [-0.39, 0.29) is 10.7 Å². The number of nitrogens with one attached hydrogen (secondary N) is 1. The number of halogens is 3. The summed E-state index contributed by atoms with van der Waals surface area (Å²) in [7, 11) is 0. The number of hydrogen-bond donors (Lipinski definition) is 2. The molecule has 1 amide bonds. The van der Waals surface area contributed by atoms with Crippen LogP contribution in [0.25, 0.3) is 0 Å². The predicted molar refractivity (Wildman–Crippen MR) is 63.0 cm³/mol. The molecular weight excluding hydrogens is 266 g/mol. The second kappa shape index (κ2) is 6.61. The van der Waals surface area contributed by atoms with Crippen molar-refractivity contribution in [2.24, 2.45) is 0 Å². The highest BCUT2D eigenvalue weighted by molar-refractivity contribution is 6.29. The summed E-state index contributed by atoms with van der Waals surface area (Å²) in [4.78, 5) is 15.6. The minimum Gasteiger partial charge on any atom is -0.385 e. The molecule has 0 aromatic carbocycles. The molecule has 0 saturated heterocycles. The predicted octanol–water partition coefficient (Wildman–Crippen LogP) is 1.65. The normalized spacial score (nSPS) is 12.6. The van der Waals surface area contributed by atoms with E-state index in [2.05, 4.69) is 10.3 Å². The molecule has 0 aliphatic carbocycles. The van der Waals surface area contributed by atoms with Crippen molar-refractivity contribution in [3.63, 3.8) is 0 Å². The van der Waals surface area contributed by atoms with Crippen LogP contribution in [-0.2, 0) is 6.42 Å². The van der Waals surface area contributed by atoms with Crippen LogP contribution in [0.5, 0.6) is 0 Å².